The summed E-state index contributed by atoms with van der Waals surface area (Å²) in [5, 5.41) is 8.37. The molecule has 1 aliphatic carbocycles. The Morgan fingerprint density at radius 1 is 1.22 bits per heavy atom. The van der Waals surface area contributed by atoms with Crippen LogP contribution < -0.4 is 4.74 Å². The molecule has 0 spiro atoms. The van der Waals surface area contributed by atoms with E-state index in [4.69, 9.17) is 14.2 Å². The first-order chi connectivity index (χ1) is 17.9. The average Bonchev–Trinajstić information content (AvgIpc) is 3.28. The van der Waals surface area contributed by atoms with Crippen LogP contribution in [0.4, 0.5) is 4.79 Å². The van der Waals surface area contributed by atoms with E-state index in [1.54, 1.807) is 17.9 Å². The van der Waals surface area contributed by atoms with Gasteiger partial charge in [0.15, 0.2) is 0 Å². The van der Waals surface area contributed by atoms with Gasteiger partial charge in [0.05, 0.1) is 54.3 Å². The van der Waals surface area contributed by atoms with Crippen molar-refractivity contribution in [1.29, 1.82) is 0 Å². The fourth-order valence-electron chi connectivity index (χ4n) is 4.23. The Labute approximate surface area is 229 Å². The second-order valence-electron chi connectivity index (χ2n) is 8.84. The zero-order valence-corrected chi connectivity index (χ0v) is 23.1. The number of hydrogen-bond donors (Lipinski definition) is 0. The maximum Gasteiger partial charge on any atom is 0.419 e. The maximum absolute atomic E-state index is 12.5. The third-order valence-corrected chi connectivity index (χ3v) is 6.95. The van der Waals surface area contributed by atoms with Crippen molar-refractivity contribution in [2.24, 2.45) is 13.0 Å². The molecule has 4 rings (SSSR count). The van der Waals surface area contributed by atoms with E-state index in [1.807, 2.05) is 60.1 Å². The van der Waals surface area contributed by atoms with Crippen LogP contribution in [0, 0.1) is 12.8 Å². The number of rotatable bonds is 8. The van der Waals surface area contributed by atoms with Crippen LogP contribution in [0.15, 0.2) is 36.5 Å². The van der Waals surface area contributed by atoms with Gasteiger partial charge in [0.2, 0.25) is 5.88 Å². The molecule has 1 aromatic carbocycles. The Bertz CT molecular complexity index is 1240. The van der Waals surface area contributed by atoms with E-state index >= 15 is 0 Å². The minimum absolute atomic E-state index is 0.127. The number of esters is 1. The molecule has 2 aromatic heterocycles. The van der Waals surface area contributed by atoms with Gasteiger partial charge in [0, 0.05) is 7.05 Å². The van der Waals surface area contributed by atoms with Crippen molar-refractivity contribution in [3.63, 3.8) is 0 Å². The van der Waals surface area contributed by atoms with Gasteiger partial charge >= 0.3 is 12.1 Å². The fraction of sp³-hybridized carbons (Fsp3) is 0.440. The normalized spacial score (nSPS) is 17.2. The van der Waals surface area contributed by atoms with Crippen molar-refractivity contribution in [1.82, 2.24) is 28.1 Å². The molecule has 1 amide bonds. The highest BCUT2D eigenvalue weighted by atomic mass is 127. The molecule has 0 radical (unpaired) electrons. The van der Waals surface area contributed by atoms with Crippen LogP contribution in [-0.2, 0) is 34.5 Å². The quantitative estimate of drug-likeness (QED) is 0.208. The number of carbonyl (C=O) groups excluding carboxylic acids is 2. The number of amides is 1. The van der Waals surface area contributed by atoms with Crippen molar-refractivity contribution in [3.05, 3.63) is 53.5 Å². The topological polar surface area (TPSA) is 122 Å². The lowest BCUT2D eigenvalue weighted by Gasteiger charge is -2.27. The number of hydrogen-bond acceptors (Lipinski definition) is 9. The highest BCUT2D eigenvalue weighted by Crippen LogP contribution is 2.30. The van der Waals surface area contributed by atoms with Crippen LogP contribution in [0.3, 0.4) is 0 Å². The molecule has 1 saturated carbocycles. The second kappa shape index (κ2) is 12.3. The van der Waals surface area contributed by atoms with E-state index < -0.39 is 6.09 Å². The molecule has 11 nitrogen and oxygen atoms in total. The monoisotopic (exact) mass is 620 g/mol. The van der Waals surface area contributed by atoms with Crippen LogP contribution in [0.5, 0.6) is 5.88 Å². The summed E-state index contributed by atoms with van der Waals surface area (Å²) in [5.41, 5.74) is 3.23. The second-order valence-corrected chi connectivity index (χ2v) is 10.0. The largest absolute Gasteiger partial charge is 0.473 e. The summed E-state index contributed by atoms with van der Waals surface area (Å²) in [6.07, 6.45) is 4.12. The Hall–Kier alpha value is -3.29. The molecular formula is C25H29IN6O5. The minimum Gasteiger partial charge on any atom is -0.473 e. The van der Waals surface area contributed by atoms with Crippen molar-refractivity contribution in [2.75, 3.05) is 7.11 Å². The first-order valence-corrected chi connectivity index (χ1v) is 12.9. The van der Waals surface area contributed by atoms with E-state index in [9.17, 15) is 9.59 Å². The molecule has 3 aromatic rings. The predicted octanol–water partition coefficient (Wildman–Crippen LogP) is 4.18. The lowest BCUT2D eigenvalue weighted by Crippen LogP contribution is -2.30. The van der Waals surface area contributed by atoms with Crippen LogP contribution >= 0.6 is 22.9 Å². The average molecular weight is 620 g/mol. The molecule has 37 heavy (non-hydrogen) atoms. The summed E-state index contributed by atoms with van der Waals surface area (Å²) >= 11 is 1.92. The molecule has 2 atom stereocenters. The summed E-state index contributed by atoms with van der Waals surface area (Å²) in [7, 11) is 3.16. The fourth-order valence-corrected chi connectivity index (χ4v) is 4.69. The molecular weight excluding hydrogens is 591 g/mol. The number of aromatic nitrogens is 5. The number of nitrogens with zero attached hydrogens (tertiary/aromatic N) is 6. The Kier molecular flexibility index (Phi) is 8.90. The zero-order chi connectivity index (χ0) is 26.4. The Morgan fingerprint density at radius 2 is 2.00 bits per heavy atom. The Balaban J connectivity index is 1.42. The molecule has 1 aliphatic rings. The van der Waals surface area contributed by atoms with Gasteiger partial charge in [-0.15, -0.1) is 5.10 Å². The molecule has 0 unspecified atom stereocenters. The molecule has 1 fully saturated rings. The lowest BCUT2D eigenvalue weighted by atomic mass is 9.87. The summed E-state index contributed by atoms with van der Waals surface area (Å²) < 4.78 is 19.4. The number of benzene rings is 1. The molecule has 196 valence electrons. The van der Waals surface area contributed by atoms with Crippen molar-refractivity contribution in [2.45, 2.75) is 51.9 Å². The highest BCUT2D eigenvalue weighted by molar-refractivity contribution is 14.1. The molecule has 12 heteroatoms. The predicted molar refractivity (Wildman–Crippen MR) is 141 cm³/mol. The standard InChI is InChI=1S/C25H29IN6O5/c1-16-23(37-19-11-7-10-18(12-19)24(33)35-3)27-13-20(28-16)22-21(31(2)30-29-22)14-32(26)25(34)36-15-17-8-5-4-6-9-17/h4-6,8-9,13,18-19H,7,10-12,14-15H2,1-3H3/t18-,19-/m0/s1. The molecule has 0 bridgehead atoms. The van der Waals surface area contributed by atoms with Crippen molar-refractivity contribution < 1.29 is 23.8 Å². The van der Waals surface area contributed by atoms with Crippen LogP contribution in [0.1, 0.15) is 42.6 Å². The van der Waals surface area contributed by atoms with E-state index in [0.717, 1.165) is 24.8 Å². The first kappa shape index (κ1) is 26.8. The van der Waals surface area contributed by atoms with Gasteiger partial charge in [-0.25, -0.2) is 22.6 Å². The smallest absolute Gasteiger partial charge is 0.419 e. The SMILES string of the molecule is COC(=O)[C@H]1CCC[C@H](Oc2ncc(-c3nnn(C)c3CN(I)C(=O)OCc3ccccc3)nc2C)C1. The number of halogens is 1. The molecule has 0 saturated heterocycles. The Morgan fingerprint density at radius 3 is 2.73 bits per heavy atom. The third-order valence-electron chi connectivity index (χ3n) is 6.22. The zero-order valence-electron chi connectivity index (χ0n) is 21.0. The highest BCUT2D eigenvalue weighted by Gasteiger charge is 2.30. The van der Waals surface area contributed by atoms with Gasteiger partial charge in [-0.3, -0.25) is 4.79 Å². The number of carbonyl (C=O) groups is 2. The summed E-state index contributed by atoms with van der Waals surface area (Å²) in [5.74, 6) is 0.0636. The summed E-state index contributed by atoms with van der Waals surface area (Å²) in [4.78, 5) is 33.6. The van der Waals surface area contributed by atoms with Crippen LogP contribution in [0.2, 0.25) is 0 Å². The van der Waals surface area contributed by atoms with Gasteiger partial charge in [-0.1, -0.05) is 35.5 Å². The lowest BCUT2D eigenvalue weighted by molar-refractivity contribution is -0.147. The van der Waals surface area contributed by atoms with E-state index in [-0.39, 0.29) is 31.1 Å². The summed E-state index contributed by atoms with van der Waals surface area (Å²) in [6, 6.07) is 9.49. The molecule has 0 N–H and O–H groups in total. The van der Waals surface area contributed by atoms with E-state index in [1.165, 1.54) is 10.2 Å². The van der Waals surface area contributed by atoms with Gasteiger partial charge in [0.1, 0.15) is 29.8 Å². The number of methoxy groups -OCH3 is 1. The van der Waals surface area contributed by atoms with Gasteiger partial charge in [-0.2, -0.15) is 0 Å². The summed E-state index contributed by atoms with van der Waals surface area (Å²) in [6.45, 7) is 2.21. The van der Waals surface area contributed by atoms with Gasteiger partial charge in [0.25, 0.3) is 0 Å². The van der Waals surface area contributed by atoms with Crippen molar-refractivity contribution >= 4 is 34.9 Å². The minimum atomic E-state index is -0.472. The maximum atomic E-state index is 12.5. The van der Waals surface area contributed by atoms with Crippen LogP contribution in [-0.4, -0.2) is 53.4 Å². The first-order valence-electron chi connectivity index (χ1n) is 12.0. The van der Waals surface area contributed by atoms with E-state index in [2.05, 4.69) is 20.3 Å². The van der Waals surface area contributed by atoms with Crippen LogP contribution in [0.25, 0.3) is 11.4 Å². The van der Waals surface area contributed by atoms with Gasteiger partial charge < -0.3 is 14.2 Å². The van der Waals surface area contributed by atoms with E-state index in [0.29, 0.717) is 35.1 Å². The van der Waals surface area contributed by atoms with Gasteiger partial charge in [-0.05, 0) is 38.2 Å². The number of ether oxygens (including phenoxy) is 3. The molecule has 0 aliphatic heterocycles. The third kappa shape index (κ3) is 6.73. The number of aryl methyl sites for hydroxylation is 2. The van der Waals surface area contributed by atoms with Crippen molar-refractivity contribution in [3.8, 4) is 17.3 Å². The molecule has 2 heterocycles.